The molecule has 1 rings (SSSR count). The van der Waals surface area contributed by atoms with Gasteiger partial charge in [-0.1, -0.05) is 19.8 Å². The van der Waals surface area contributed by atoms with Crippen LogP contribution in [0.1, 0.15) is 38.3 Å². The van der Waals surface area contributed by atoms with E-state index in [2.05, 4.69) is 11.9 Å². The molecule has 0 N–H and O–H groups in total. The summed E-state index contributed by atoms with van der Waals surface area (Å²) in [5.41, 5.74) is 2.57. The smallest absolute Gasteiger partial charge is 0.306 e. The fourth-order valence-electron chi connectivity index (χ4n) is 1.05. The Balaban J connectivity index is 2.09. The van der Waals surface area contributed by atoms with Crippen LogP contribution in [0.15, 0.2) is 10.9 Å². The third-order valence-electron chi connectivity index (χ3n) is 1.85. The average molecular weight is 213 g/mol. The Kier molecular flexibility index (Phi) is 5.22. The predicted octanol–water partition coefficient (Wildman–Crippen LogP) is 2.77. The molecule has 0 saturated heterocycles. The first-order valence-corrected chi connectivity index (χ1v) is 5.80. The zero-order valence-corrected chi connectivity index (χ0v) is 9.18. The minimum atomic E-state index is -0.119. The number of thiazole rings is 1. The van der Waals surface area contributed by atoms with E-state index in [-0.39, 0.29) is 5.97 Å². The molecule has 1 aromatic heterocycles. The summed E-state index contributed by atoms with van der Waals surface area (Å²) >= 11 is 1.51. The van der Waals surface area contributed by atoms with E-state index in [0.29, 0.717) is 13.0 Å². The van der Waals surface area contributed by atoms with E-state index in [0.717, 1.165) is 25.0 Å². The Morgan fingerprint density at radius 2 is 2.43 bits per heavy atom. The fraction of sp³-hybridized carbons (Fsp3) is 0.600. The molecule has 0 unspecified atom stereocenters. The molecule has 0 aromatic carbocycles. The van der Waals surface area contributed by atoms with Crippen LogP contribution in [0.4, 0.5) is 0 Å². The van der Waals surface area contributed by atoms with E-state index in [4.69, 9.17) is 4.74 Å². The van der Waals surface area contributed by atoms with Crippen LogP contribution in [0.3, 0.4) is 0 Å². The molecule has 0 atom stereocenters. The summed E-state index contributed by atoms with van der Waals surface area (Å²) in [4.78, 5) is 15.2. The van der Waals surface area contributed by atoms with Gasteiger partial charge >= 0.3 is 5.97 Å². The number of esters is 1. The molecule has 3 nitrogen and oxygen atoms in total. The Bertz CT molecular complexity index is 259. The lowest BCUT2D eigenvalue weighted by atomic mass is 10.2. The van der Waals surface area contributed by atoms with E-state index in [1.54, 1.807) is 5.51 Å². The molecule has 14 heavy (non-hydrogen) atoms. The van der Waals surface area contributed by atoms with Crippen LogP contribution < -0.4 is 0 Å². The zero-order chi connectivity index (χ0) is 10.2. The largest absolute Gasteiger partial charge is 0.459 e. The van der Waals surface area contributed by atoms with Crippen molar-refractivity contribution in [2.45, 2.75) is 39.2 Å². The normalized spacial score (nSPS) is 10.1. The predicted molar refractivity (Wildman–Crippen MR) is 56.1 cm³/mol. The number of ether oxygens (including phenoxy) is 1. The lowest BCUT2D eigenvalue weighted by Gasteiger charge is -2.01. The number of aromatic nitrogens is 1. The zero-order valence-electron chi connectivity index (χ0n) is 8.36. The number of unbranched alkanes of at least 4 members (excludes halogenated alkanes) is 2. The average Bonchev–Trinajstić information content (AvgIpc) is 2.68. The molecule has 1 aromatic rings. The van der Waals surface area contributed by atoms with Gasteiger partial charge in [0, 0.05) is 11.8 Å². The number of hydrogen-bond donors (Lipinski definition) is 0. The van der Waals surface area contributed by atoms with Gasteiger partial charge in [0.15, 0.2) is 0 Å². The van der Waals surface area contributed by atoms with Crippen molar-refractivity contribution in [1.82, 2.24) is 4.98 Å². The van der Waals surface area contributed by atoms with Crippen LogP contribution in [0, 0.1) is 0 Å². The number of nitrogens with zero attached hydrogens (tertiary/aromatic N) is 1. The molecule has 4 heteroatoms. The molecule has 0 fully saturated rings. The molecular formula is C10H15NO2S. The summed E-state index contributed by atoms with van der Waals surface area (Å²) in [6.07, 6.45) is 3.66. The summed E-state index contributed by atoms with van der Waals surface area (Å²) in [6.45, 7) is 2.43. The molecule has 0 radical (unpaired) electrons. The molecule has 0 saturated carbocycles. The SMILES string of the molecule is CCCCCC(=O)OCc1cscn1. The maximum absolute atomic E-state index is 11.2. The van der Waals surface area contributed by atoms with Crippen LogP contribution in [0.5, 0.6) is 0 Å². The van der Waals surface area contributed by atoms with Crippen molar-refractivity contribution in [2.75, 3.05) is 0 Å². The Labute approximate surface area is 88.1 Å². The maximum atomic E-state index is 11.2. The maximum Gasteiger partial charge on any atom is 0.306 e. The van der Waals surface area contributed by atoms with E-state index in [9.17, 15) is 4.79 Å². The highest BCUT2D eigenvalue weighted by molar-refractivity contribution is 7.07. The second-order valence-electron chi connectivity index (χ2n) is 3.10. The first kappa shape index (κ1) is 11.2. The third kappa shape index (κ3) is 4.37. The Morgan fingerprint density at radius 3 is 3.07 bits per heavy atom. The minimum absolute atomic E-state index is 0.119. The van der Waals surface area contributed by atoms with Gasteiger partial charge in [0.1, 0.15) is 6.61 Å². The Hall–Kier alpha value is -0.900. The quantitative estimate of drug-likeness (QED) is 0.539. The summed E-state index contributed by atoms with van der Waals surface area (Å²) in [5.74, 6) is -0.119. The van der Waals surface area contributed by atoms with Gasteiger partial charge in [-0.05, 0) is 6.42 Å². The van der Waals surface area contributed by atoms with Crippen LogP contribution in [0.2, 0.25) is 0 Å². The molecule has 78 valence electrons. The van der Waals surface area contributed by atoms with E-state index >= 15 is 0 Å². The molecule has 0 amide bonds. The van der Waals surface area contributed by atoms with Gasteiger partial charge in [-0.3, -0.25) is 4.79 Å². The van der Waals surface area contributed by atoms with E-state index in [1.807, 2.05) is 5.38 Å². The highest BCUT2D eigenvalue weighted by atomic mass is 32.1. The lowest BCUT2D eigenvalue weighted by molar-refractivity contribution is -0.145. The number of rotatable bonds is 6. The van der Waals surface area contributed by atoms with Crippen molar-refractivity contribution in [3.63, 3.8) is 0 Å². The molecule has 0 aliphatic rings. The van der Waals surface area contributed by atoms with Crippen LogP contribution >= 0.6 is 11.3 Å². The Morgan fingerprint density at radius 1 is 1.57 bits per heavy atom. The van der Waals surface area contributed by atoms with Gasteiger partial charge in [0.2, 0.25) is 0 Å². The van der Waals surface area contributed by atoms with Gasteiger partial charge in [-0.15, -0.1) is 11.3 Å². The monoisotopic (exact) mass is 213 g/mol. The highest BCUT2D eigenvalue weighted by Crippen LogP contribution is 2.05. The summed E-state index contributed by atoms with van der Waals surface area (Å²) in [5, 5.41) is 1.89. The van der Waals surface area contributed by atoms with Gasteiger partial charge in [-0.2, -0.15) is 0 Å². The number of hydrogen-bond acceptors (Lipinski definition) is 4. The van der Waals surface area contributed by atoms with E-state index in [1.165, 1.54) is 11.3 Å². The highest BCUT2D eigenvalue weighted by Gasteiger charge is 2.03. The van der Waals surface area contributed by atoms with Crippen LogP contribution in [-0.2, 0) is 16.1 Å². The second-order valence-corrected chi connectivity index (χ2v) is 3.82. The molecule has 0 aliphatic carbocycles. The standard InChI is InChI=1S/C10H15NO2S/c1-2-3-4-5-10(12)13-6-9-7-14-8-11-9/h7-8H,2-6H2,1H3. The topological polar surface area (TPSA) is 39.2 Å². The van der Waals surface area contributed by atoms with Gasteiger partial charge in [0.25, 0.3) is 0 Å². The number of carbonyl (C=O) groups is 1. The molecule has 0 aliphatic heterocycles. The van der Waals surface area contributed by atoms with Crippen molar-refractivity contribution in [2.24, 2.45) is 0 Å². The van der Waals surface area contributed by atoms with Crippen molar-refractivity contribution in [3.05, 3.63) is 16.6 Å². The van der Waals surface area contributed by atoms with Gasteiger partial charge < -0.3 is 4.74 Å². The minimum Gasteiger partial charge on any atom is -0.459 e. The summed E-state index contributed by atoms with van der Waals surface area (Å²) in [6, 6.07) is 0. The van der Waals surface area contributed by atoms with E-state index < -0.39 is 0 Å². The van der Waals surface area contributed by atoms with Crippen molar-refractivity contribution < 1.29 is 9.53 Å². The first-order valence-electron chi connectivity index (χ1n) is 4.85. The summed E-state index contributed by atoms with van der Waals surface area (Å²) in [7, 11) is 0. The molecular weight excluding hydrogens is 198 g/mol. The van der Waals surface area contributed by atoms with Crippen LogP contribution in [0.25, 0.3) is 0 Å². The number of carbonyl (C=O) groups excluding carboxylic acids is 1. The summed E-state index contributed by atoms with van der Waals surface area (Å²) < 4.78 is 5.04. The van der Waals surface area contributed by atoms with Crippen molar-refractivity contribution in [3.8, 4) is 0 Å². The first-order chi connectivity index (χ1) is 6.83. The third-order valence-corrected chi connectivity index (χ3v) is 2.48. The van der Waals surface area contributed by atoms with Crippen molar-refractivity contribution >= 4 is 17.3 Å². The molecule has 0 bridgehead atoms. The van der Waals surface area contributed by atoms with Crippen molar-refractivity contribution in [1.29, 1.82) is 0 Å². The molecule has 0 spiro atoms. The van der Waals surface area contributed by atoms with Gasteiger partial charge in [0.05, 0.1) is 11.2 Å². The second kappa shape index (κ2) is 6.54. The fourth-order valence-corrected chi connectivity index (χ4v) is 1.60. The van der Waals surface area contributed by atoms with Gasteiger partial charge in [-0.25, -0.2) is 4.98 Å². The molecule has 1 heterocycles. The van der Waals surface area contributed by atoms with Crippen LogP contribution in [-0.4, -0.2) is 11.0 Å². The lowest BCUT2D eigenvalue weighted by Crippen LogP contribution is -2.04.